The third-order valence-corrected chi connectivity index (χ3v) is 6.76. The van der Waals surface area contributed by atoms with E-state index in [0.717, 1.165) is 45.1 Å². The van der Waals surface area contributed by atoms with Crippen molar-refractivity contribution in [1.29, 1.82) is 0 Å². The number of carbonyl (C=O) groups is 2. The zero-order valence-electron chi connectivity index (χ0n) is 26.8. The number of carboxylic acids is 1. The van der Waals surface area contributed by atoms with Crippen LogP contribution >= 0.6 is 0 Å². The molecular weight excluding hydrogens is 573 g/mol. The molecule has 2 aromatic rings. The molecule has 45 heavy (non-hydrogen) atoms. The number of methoxy groups -OCH3 is 2. The van der Waals surface area contributed by atoms with Gasteiger partial charge in [-0.15, -0.1) is 11.6 Å². The molecule has 0 saturated carbocycles. The van der Waals surface area contributed by atoms with Crippen LogP contribution in [0.1, 0.15) is 46.7 Å². The van der Waals surface area contributed by atoms with E-state index in [1.165, 1.54) is 0 Å². The van der Waals surface area contributed by atoms with E-state index < -0.39 is 25.3 Å². The summed E-state index contributed by atoms with van der Waals surface area (Å²) in [7, 11) is 3.24. The van der Waals surface area contributed by atoms with E-state index in [-0.39, 0.29) is 13.2 Å². The number of nitrogens with one attached hydrogen (secondary N) is 1. The van der Waals surface area contributed by atoms with Gasteiger partial charge in [-0.1, -0.05) is 24.0 Å². The van der Waals surface area contributed by atoms with Crippen molar-refractivity contribution in [3.05, 3.63) is 75.8 Å². The van der Waals surface area contributed by atoms with Gasteiger partial charge in [0, 0.05) is 42.5 Å². The normalized spacial score (nSPS) is 13.2. The van der Waals surface area contributed by atoms with Crippen molar-refractivity contribution < 1.29 is 33.6 Å². The number of aliphatic imine (C=N–C) groups is 1. The number of allylic oxidation sites excluding steroid dienone is 2. The Kier molecular flexibility index (Phi) is 13.9. The number of amides is 1. The van der Waals surface area contributed by atoms with E-state index in [0.29, 0.717) is 32.0 Å². The highest BCUT2D eigenvalue weighted by Gasteiger charge is 2.27. The maximum atomic E-state index is 12.5. The summed E-state index contributed by atoms with van der Waals surface area (Å²) in [5.41, 5.74) is 7.60. The van der Waals surface area contributed by atoms with Gasteiger partial charge in [0.2, 0.25) is 0 Å². The SMILES string of the molecule is COCCOCC#CB(C#CCOCCOC)n1c(C)cc(C)c1/C(=C1\N=C(C)C=C1C)c1ccc(C(=O)NCC(=O)O)cc1. The Hall–Kier alpha value is -4.39. The number of carbonyl (C=O) groups excluding carboxylic acids is 1. The number of aryl methyl sites for hydroxylation is 2. The van der Waals surface area contributed by atoms with E-state index in [4.69, 9.17) is 29.0 Å². The highest BCUT2D eigenvalue weighted by Crippen LogP contribution is 2.37. The first-order chi connectivity index (χ1) is 21.7. The summed E-state index contributed by atoms with van der Waals surface area (Å²) >= 11 is 0. The first kappa shape index (κ1) is 35.1. The van der Waals surface area contributed by atoms with Gasteiger partial charge in [0.1, 0.15) is 19.8 Å². The van der Waals surface area contributed by atoms with Crippen molar-refractivity contribution in [2.24, 2.45) is 4.99 Å². The summed E-state index contributed by atoms with van der Waals surface area (Å²) in [4.78, 5) is 28.4. The van der Waals surface area contributed by atoms with Crippen LogP contribution in [0.3, 0.4) is 0 Å². The molecule has 2 heterocycles. The number of rotatable bonds is 14. The lowest BCUT2D eigenvalue weighted by Crippen LogP contribution is -2.29. The topological polar surface area (TPSA) is 121 Å². The van der Waals surface area contributed by atoms with Gasteiger partial charge < -0.3 is 33.8 Å². The summed E-state index contributed by atoms with van der Waals surface area (Å²) in [6.07, 6.45) is 2.03. The fourth-order valence-electron chi connectivity index (χ4n) is 4.80. The van der Waals surface area contributed by atoms with Crippen LogP contribution in [-0.4, -0.2) is 94.4 Å². The predicted molar refractivity (Wildman–Crippen MR) is 175 cm³/mol. The molecule has 2 N–H and O–H groups in total. The third kappa shape index (κ3) is 10.1. The highest BCUT2D eigenvalue weighted by atomic mass is 16.5. The summed E-state index contributed by atoms with van der Waals surface area (Å²) < 4.78 is 23.4. The van der Waals surface area contributed by atoms with Gasteiger partial charge in [-0.2, -0.15) is 0 Å². The molecule has 11 heteroatoms. The number of ether oxygens (including phenoxy) is 4. The van der Waals surface area contributed by atoms with E-state index in [2.05, 4.69) is 39.3 Å². The number of hydrogen-bond acceptors (Lipinski definition) is 7. The quantitative estimate of drug-likeness (QED) is 0.191. The van der Waals surface area contributed by atoms with Crippen molar-refractivity contribution in [2.45, 2.75) is 27.7 Å². The fourth-order valence-corrected chi connectivity index (χ4v) is 4.80. The molecule has 0 radical (unpaired) electrons. The lowest BCUT2D eigenvalue weighted by molar-refractivity contribution is -0.135. The molecule has 0 saturated heterocycles. The first-order valence-corrected chi connectivity index (χ1v) is 14.6. The minimum absolute atomic E-state index is 0.227. The van der Waals surface area contributed by atoms with Gasteiger partial charge in [0.25, 0.3) is 5.91 Å². The number of carboxylic acid groups (broad SMARTS) is 1. The molecule has 0 fully saturated rings. The van der Waals surface area contributed by atoms with Crippen LogP contribution in [0.4, 0.5) is 0 Å². The van der Waals surface area contributed by atoms with Gasteiger partial charge in [0.05, 0.1) is 32.1 Å². The van der Waals surface area contributed by atoms with Crippen LogP contribution in [-0.2, 0) is 23.7 Å². The molecular formula is C34H40BN3O7. The van der Waals surface area contributed by atoms with Crippen LogP contribution in [0.2, 0.25) is 0 Å². The zero-order chi connectivity index (χ0) is 32.8. The molecule has 1 aromatic heterocycles. The molecule has 10 nitrogen and oxygen atoms in total. The molecule has 0 bridgehead atoms. The molecule has 1 amide bonds. The molecule has 0 atom stereocenters. The largest absolute Gasteiger partial charge is 0.480 e. The van der Waals surface area contributed by atoms with Crippen LogP contribution < -0.4 is 5.32 Å². The van der Waals surface area contributed by atoms with Crippen LogP contribution in [0.5, 0.6) is 0 Å². The number of benzene rings is 1. The van der Waals surface area contributed by atoms with Crippen molar-refractivity contribution >= 4 is 30.0 Å². The highest BCUT2D eigenvalue weighted by molar-refractivity contribution is 6.74. The molecule has 0 spiro atoms. The second kappa shape index (κ2) is 17.8. The molecule has 0 aliphatic carbocycles. The Morgan fingerprint density at radius 2 is 1.49 bits per heavy atom. The van der Waals surface area contributed by atoms with Crippen LogP contribution in [0, 0.1) is 37.3 Å². The summed E-state index contributed by atoms with van der Waals surface area (Å²) in [6, 6.07) is 9.15. The second-order valence-corrected chi connectivity index (χ2v) is 10.3. The number of hydrogen-bond donors (Lipinski definition) is 2. The molecule has 1 aliphatic rings. The van der Waals surface area contributed by atoms with Gasteiger partial charge in [-0.3, -0.25) is 14.6 Å². The molecule has 1 aliphatic heterocycles. The number of aliphatic carboxylic acids is 1. The molecule has 236 valence electrons. The average molecular weight is 614 g/mol. The van der Waals surface area contributed by atoms with E-state index in [9.17, 15) is 9.59 Å². The minimum atomic E-state index is -1.11. The van der Waals surface area contributed by atoms with Crippen molar-refractivity contribution in [2.75, 3.05) is 60.4 Å². The second-order valence-electron chi connectivity index (χ2n) is 10.3. The Balaban J connectivity index is 2.13. The Labute approximate surface area is 265 Å². The third-order valence-electron chi connectivity index (χ3n) is 6.76. The monoisotopic (exact) mass is 613 g/mol. The molecule has 3 rings (SSSR count). The van der Waals surface area contributed by atoms with E-state index in [1.54, 1.807) is 26.4 Å². The fraction of sp³-hybridized carbons (Fsp3) is 0.382. The van der Waals surface area contributed by atoms with Gasteiger partial charge >= 0.3 is 12.8 Å². The lowest BCUT2D eigenvalue weighted by atomic mass is 9.63. The van der Waals surface area contributed by atoms with Crippen molar-refractivity contribution in [3.63, 3.8) is 0 Å². The Morgan fingerprint density at radius 1 is 0.911 bits per heavy atom. The number of nitrogens with zero attached hydrogens (tertiary/aromatic N) is 2. The standard InChI is InChI=1S/C34H40BN3O7/c1-24-21-26(3)37-32(24)31(28-9-11-29(12-10-28)34(41)36-23-30(39)40)33-25(2)22-27(4)38(33)35(13-7-15-44-19-17-42-5)14-8-16-45-20-18-43-6/h9-12,21-22H,15-20,23H2,1-6H3,(H,36,41)(H,39,40)/b32-31-. The lowest BCUT2D eigenvalue weighted by Gasteiger charge is -2.19. The maximum absolute atomic E-state index is 12.5. The van der Waals surface area contributed by atoms with Gasteiger partial charge in [0.15, 0.2) is 0 Å². The minimum Gasteiger partial charge on any atom is -0.480 e. The van der Waals surface area contributed by atoms with E-state index >= 15 is 0 Å². The zero-order valence-corrected chi connectivity index (χ0v) is 26.8. The summed E-state index contributed by atoms with van der Waals surface area (Å²) in [6.45, 7) is 9.32. The maximum Gasteiger partial charge on any atom is 0.433 e. The van der Waals surface area contributed by atoms with Crippen molar-refractivity contribution in [3.8, 4) is 23.5 Å². The predicted octanol–water partition coefficient (Wildman–Crippen LogP) is 3.35. The molecule has 0 unspecified atom stereocenters. The first-order valence-electron chi connectivity index (χ1n) is 14.6. The van der Waals surface area contributed by atoms with Crippen molar-refractivity contribution in [1.82, 2.24) is 9.79 Å². The number of aromatic nitrogens is 1. The smallest absolute Gasteiger partial charge is 0.433 e. The van der Waals surface area contributed by atoms with Gasteiger partial charge in [-0.05, 0) is 68.7 Å². The van der Waals surface area contributed by atoms with E-state index in [1.807, 2.05) is 45.9 Å². The van der Waals surface area contributed by atoms with Gasteiger partial charge in [-0.25, -0.2) is 0 Å². The van der Waals surface area contributed by atoms with Crippen LogP contribution in [0.15, 0.2) is 52.7 Å². The summed E-state index contributed by atoms with van der Waals surface area (Å²) in [5, 5.41) is 11.3. The average Bonchev–Trinajstić information content (AvgIpc) is 3.50. The summed E-state index contributed by atoms with van der Waals surface area (Å²) in [5.74, 6) is 11.2. The van der Waals surface area contributed by atoms with Crippen LogP contribution in [0.25, 0.3) is 5.57 Å². The Morgan fingerprint density at radius 3 is 2.00 bits per heavy atom. The Bertz CT molecular complexity index is 1550. The molecule has 1 aromatic carbocycles.